The van der Waals surface area contributed by atoms with Crippen LogP contribution < -0.4 is 16.0 Å². The summed E-state index contributed by atoms with van der Waals surface area (Å²) in [5, 5.41) is 0.430. The molecule has 1 aliphatic carbocycles. The number of aromatic nitrogens is 4. The smallest absolute Gasteiger partial charge is 0.406 e. The average molecular weight is 583 g/mol. The molecule has 39 heavy (non-hydrogen) atoms. The minimum Gasteiger partial charge on any atom is -0.486 e. The highest BCUT2D eigenvalue weighted by molar-refractivity contribution is 7.19. The normalized spacial score (nSPS) is 18.0. The Morgan fingerprint density at radius 2 is 1.92 bits per heavy atom. The lowest BCUT2D eigenvalue weighted by Crippen LogP contribution is -2.41. The van der Waals surface area contributed by atoms with Crippen molar-refractivity contribution < 1.29 is 22.3 Å². The van der Waals surface area contributed by atoms with Gasteiger partial charge in [-0.3, -0.25) is 13.9 Å². The standard InChI is InChI=1S/C26H23ClF4N4O3S/c1-14-8-15(27)9-17(23(14)38-20-5-3-2-4-18(20)28)22-24-19(32-13-33-22)10-16(39-24)11-35-21(36)6-7-34(25(35)37)12-26(29,30)31/h6-10,13,18,20H,2-5,11-12H2,1H3/t18-,20+/m0/s1. The predicted molar refractivity (Wildman–Crippen MR) is 140 cm³/mol. The molecule has 1 aliphatic rings. The first kappa shape index (κ1) is 27.3. The van der Waals surface area contributed by atoms with Gasteiger partial charge in [0.25, 0.3) is 5.56 Å². The van der Waals surface area contributed by atoms with Gasteiger partial charge in [0.05, 0.1) is 22.5 Å². The van der Waals surface area contributed by atoms with E-state index >= 15 is 0 Å². The van der Waals surface area contributed by atoms with E-state index in [1.54, 1.807) is 18.2 Å². The topological polar surface area (TPSA) is 79.0 Å². The van der Waals surface area contributed by atoms with Crippen molar-refractivity contribution in [1.29, 1.82) is 0 Å². The predicted octanol–water partition coefficient (Wildman–Crippen LogP) is 5.91. The van der Waals surface area contributed by atoms with E-state index < -0.39 is 36.2 Å². The quantitative estimate of drug-likeness (QED) is 0.264. The number of aryl methyl sites for hydroxylation is 1. The number of hydrogen-bond acceptors (Lipinski definition) is 6. The monoisotopic (exact) mass is 582 g/mol. The molecule has 7 nitrogen and oxygen atoms in total. The zero-order valence-corrected chi connectivity index (χ0v) is 22.2. The molecule has 0 unspecified atom stereocenters. The SMILES string of the molecule is Cc1cc(Cl)cc(-c2ncnc3cc(Cn4c(=O)ccn(CC(F)(F)F)c4=O)sc23)c1O[C@@H]1CCCC[C@@H]1F. The van der Waals surface area contributed by atoms with E-state index in [0.29, 0.717) is 60.1 Å². The third kappa shape index (κ3) is 5.86. The van der Waals surface area contributed by atoms with Gasteiger partial charge in [-0.2, -0.15) is 13.2 Å². The molecule has 3 heterocycles. The molecule has 13 heteroatoms. The second-order valence-corrected chi connectivity index (χ2v) is 11.0. The Balaban J connectivity index is 1.56. The Morgan fingerprint density at radius 1 is 1.15 bits per heavy atom. The second-order valence-electron chi connectivity index (χ2n) is 9.47. The summed E-state index contributed by atoms with van der Waals surface area (Å²) in [7, 11) is 0. The van der Waals surface area contributed by atoms with Crippen molar-refractivity contribution in [1.82, 2.24) is 19.1 Å². The molecule has 1 saturated carbocycles. The van der Waals surface area contributed by atoms with E-state index in [9.17, 15) is 27.2 Å². The first-order valence-corrected chi connectivity index (χ1v) is 13.4. The van der Waals surface area contributed by atoms with Crippen LogP contribution in [0.4, 0.5) is 17.6 Å². The maximum Gasteiger partial charge on any atom is 0.406 e. The first-order chi connectivity index (χ1) is 18.5. The van der Waals surface area contributed by atoms with E-state index in [2.05, 4.69) is 9.97 Å². The highest BCUT2D eigenvalue weighted by Crippen LogP contribution is 2.41. The summed E-state index contributed by atoms with van der Waals surface area (Å²) < 4.78 is 61.3. The van der Waals surface area contributed by atoms with Crippen LogP contribution in [0, 0.1) is 6.92 Å². The van der Waals surface area contributed by atoms with Gasteiger partial charge in [-0.15, -0.1) is 11.3 Å². The number of thiophene rings is 1. The van der Waals surface area contributed by atoms with Crippen molar-refractivity contribution in [2.45, 2.75) is 64.1 Å². The zero-order valence-electron chi connectivity index (χ0n) is 20.7. The third-order valence-corrected chi connectivity index (χ3v) is 7.89. The summed E-state index contributed by atoms with van der Waals surface area (Å²) in [6.07, 6.45) is -1.44. The van der Waals surface area contributed by atoms with Crippen molar-refractivity contribution in [2.24, 2.45) is 0 Å². The lowest BCUT2D eigenvalue weighted by molar-refractivity contribution is -0.141. The summed E-state index contributed by atoms with van der Waals surface area (Å²) in [6.45, 7) is 0.0545. The average Bonchev–Trinajstić information content (AvgIpc) is 3.28. The van der Waals surface area contributed by atoms with Crippen LogP contribution in [0.15, 0.2) is 46.4 Å². The molecule has 0 amide bonds. The molecule has 0 N–H and O–H groups in total. The van der Waals surface area contributed by atoms with Gasteiger partial charge in [-0.05, 0) is 49.9 Å². The molecule has 2 atom stereocenters. The van der Waals surface area contributed by atoms with Crippen LogP contribution in [0.5, 0.6) is 5.75 Å². The number of ether oxygens (including phenoxy) is 1. The molecular formula is C26H23ClF4N4O3S. The second kappa shape index (κ2) is 10.7. The van der Waals surface area contributed by atoms with Crippen molar-refractivity contribution in [3.63, 3.8) is 0 Å². The molecule has 5 rings (SSSR count). The first-order valence-electron chi connectivity index (χ1n) is 12.2. The number of nitrogens with zero attached hydrogens (tertiary/aromatic N) is 4. The van der Waals surface area contributed by atoms with Crippen LogP contribution in [-0.4, -0.2) is 37.6 Å². The lowest BCUT2D eigenvalue weighted by Gasteiger charge is -2.28. The van der Waals surface area contributed by atoms with Crippen LogP contribution >= 0.6 is 22.9 Å². The van der Waals surface area contributed by atoms with Gasteiger partial charge in [0.2, 0.25) is 0 Å². The number of hydrogen-bond donors (Lipinski definition) is 0. The van der Waals surface area contributed by atoms with Gasteiger partial charge >= 0.3 is 11.9 Å². The summed E-state index contributed by atoms with van der Waals surface area (Å²) in [5.41, 5.74) is 0.430. The number of alkyl halides is 4. The summed E-state index contributed by atoms with van der Waals surface area (Å²) >= 11 is 7.57. The van der Waals surface area contributed by atoms with Crippen molar-refractivity contribution in [3.05, 3.63) is 73.1 Å². The van der Waals surface area contributed by atoms with Crippen LogP contribution in [0.2, 0.25) is 5.02 Å². The molecule has 0 bridgehead atoms. The Labute approximate surface area is 228 Å². The lowest BCUT2D eigenvalue weighted by atomic mass is 9.95. The van der Waals surface area contributed by atoms with Gasteiger partial charge in [-0.25, -0.2) is 19.2 Å². The molecule has 0 spiro atoms. The summed E-state index contributed by atoms with van der Waals surface area (Å²) in [4.78, 5) is 34.3. The molecular weight excluding hydrogens is 560 g/mol. The highest BCUT2D eigenvalue weighted by atomic mass is 35.5. The minimum atomic E-state index is -4.62. The Hall–Kier alpha value is -3.25. The maximum atomic E-state index is 14.6. The number of fused-ring (bicyclic) bond motifs is 1. The molecule has 0 aliphatic heterocycles. The van der Waals surface area contributed by atoms with Crippen LogP contribution in [0.3, 0.4) is 0 Å². The van der Waals surface area contributed by atoms with E-state index in [1.165, 1.54) is 17.7 Å². The molecule has 4 aromatic rings. The molecule has 1 aromatic carbocycles. The summed E-state index contributed by atoms with van der Waals surface area (Å²) in [5.74, 6) is 0.457. The van der Waals surface area contributed by atoms with Crippen LogP contribution in [0.1, 0.15) is 36.1 Å². The van der Waals surface area contributed by atoms with Gasteiger partial charge in [0, 0.05) is 27.7 Å². The number of rotatable bonds is 6. The van der Waals surface area contributed by atoms with Gasteiger partial charge in [-0.1, -0.05) is 18.0 Å². The Bertz CT molecular complexity index is 1650. The van der Waals surface area contributed by atoms with Crippen LogP contribution in [-0.2, 0) is 13.1 Å². The van der Waals surface area contributed by atoms with Crippen LogP contribution in [0.25, 0.3) is 21.5 Å². The van der Waals surface area contributed by atoms with Gasteiger partial charge in [0.15, 0.2) is 0 Å². The summed E-state index contributed by atoms with van der Waals surface area (Å²) in [6, 6.07) is 5.98. The molecule has 0 saturated heterocycles. The zero-order chi connectivity index (χ0) is 27.9. The van der Waals surface area contributed by atoms with Crippen molar-refractivity contribution in [2.75, 3.05) is 0 Å². The molecule has 1 fully saturated rings. The van der Waals surface area contributed by atoms with Gasteiger partial charge in [0.1, 0.15) is 30.9 Å². The van der Waals surface area contributed by atoms with E-state index in [1.807, 2.05) is 6.92 Å². The minimum absolute atomic E-state index is 0.250. The highest BCUT2D eigenvalue weighted by Gasteiger charge is 2.30. The van der Waals surface area contributed by atoms with Crippen molar-refractivity contribution in [3.8, 4) is 17.0 Å². The Kier molecular flexibility index (Phi) is 7.51. The maximum absolute atomic E-state index is 14.6. The fraction of sp³-hybridized carbons (Fsp3) is 0.385. The molecule has 3 aromatic heterocycles. The van der Waals surface area contributed by atoms with Gasteiger partial charge < -0.3 is 4.74 Å². The third-order valence-electron chi connectivity index (χ3n) is 6.55. The number of halogens is 5. The fourth-order valence-electron chi connectivity index (χ4n) is 4.74. The van der Waals surface area contributed by atoms with E-state index in [4.69, 9.17) is 16.3 Å². The Morgan fingerprint density at radius 3 is 2.67 bits per heavy atom. The molecule has 206 valence electrons. The largest absolute Gasteiger partial charge is 0.486 e. The number of benzene rings is 1. The van der Waals surface area contributed by atoms with E-state index in [0.717, 1.165) is 29.7 Å². The fourth-order valence-corrected chi connectivity index (χ4v) is 6.12. The van der Waals surface area contributed by atoms with Crippen molar-refractivity contribution >= 4 is 33.2 Å². The van der Waals surface area contributed by atoms with E-state index in [-0.39, 0.29) is 6.54 Å². The molecule has 0 radical (unpaired) electrons.